The molecule has 0 unspecified atom stereocenters. The van der Waals surface area contributed by atoms with Crippen LogP contribution < -0.4 is 5.73 Å². The molecule has 0 fully saturated rings. The van der Waals surface area contributed by atoms with Crippen molar-refractivity contribution in [3.05, 3.63) is 35.4 Å². The Kier molecular flexibility index (Phi) is 4.34. The van der Waals surface area contributed by atoms with Gasteiger partial charge in [0.1, 0.15) is 0 Å². The maximum atomic E-state index is 6.10. The lowest BCUT2D eigenvalue weighted by Crippen LogP contribution is -2.16. The Labute approximate surface area is 93.7 Å². The highest BCUT2D eigenvalue weighted by atomic mass is 14.6. The molecule has 0 aromatic heterocycles. The monoisotopic (exact) mass is 205 g/mol. The number of nitrogens with two attached hydrogens (primary N) is 1. The van der Waals surface area contributed by atoms with E-state index in [1.165, 1.54) is 17.5 Å². The summed E-state index contributed by atoms with van der Waals surface area (Å²) in [7, 11) is 0. The topological polar surface area (TPSA) is 26.0 Å². The molecule has 1 rings (SSSR count). The first-order valence-electron chi connectivity index (χ1n) is 5.91. The Bertz CT molecular complexity index is 287. The molecule has 0 aliphatic carbocycles. The first-order chi connectivity index (χ1) is 7.06. The van der Waals surface area contributed by atoms with E-state index in [1.807, 2.05) is 0 Å². The molecule has 1 heteroatoms. The normalized spacial score (nSPS) is 15.3. The zero-order valence-corrected chi connectivity index (χ0v) is 10.3. The summed E-state index contributed by atoms with van der Waals surface area (Å²) in [5, 5.41) is 0. The summed E-state index contributed by atoms with van der Waals surface area (Å²) in [4.78, 5) is 0. The summed E-state index contributed by atoms with van der Waals surface area (Å²) < 4.78 is 0. The molecule has 1 aromatic carbocycles. The minimum Gasteiger partial charge on any atom is -0.324 e. The summed E-state index contributed by atoms with van der Waals surface area (Å²) >= 11 is 0. The van der Waals surface area contributed by atoms with Gasteiger partial charge < -0.3 is 5.73 Å². The molecule has 0 amide bonds. The van der Waals surface area contributed by atoms with Gasteiger partial charge in [-0.2, -0.15) is 0 Å². The summed E-state index contributed by atoms with van der Waals surface area (Å²) in [5.74, 6) is 1.15. The van der Waals surface area contributed by atoms with Crippen LogP contribution in [0.15, 0.2) is 24.3 Å². The quantitative estimate of drug-likeness (QED) is 0.793. The van der Waals surface area contributed by atoms with Crippen molar-refractivity contribution in [1.82, 2.24) is 0 Å². The van der Waals surface area contributed by atoms with E-state index < -0.39 is 0 Å². The minimum atomic E-state index is 0.163. The van der Waals surface area contributed by atoms with E-state index in [0.29, 0.717) is 11.8 Å². The van der Waals surface area contributed by atoms with Gasteiger partial charge in [0.25, 0.3) is 0 Å². The Hall–Kier alpha value is -0.820. The molecule has 2 atom stereocenters. The van der Waals surface area contributed by atoms with Crippen LogP contribution in [0, 0.1) is 5.92 Å². The van der Waals surface area contributed by atoms with Crippen molar-refractivity contribution < 1.29 is 0 Å². The molecule has 1 nitrogen and oxygen atoms in total. The SMILES string of the molecule is CC[C@@H](C)c1ccc([C@@H](N)C(C)C)cc1. The lowest BCUT2D eigenvalue weighted by molar-refractivity contribution is 0.514. The van der Waals surface area contributed by atoms with E-state index in [-0.39, 0.29) is 6.04 Å². The molecule has 0 aliphatic heterocycles. The molecule has 0 saturated heterocycles. The molecule has 15 heavy (non-hydrogen) atoms. The van der Waals surface area contributed by atoms with Gasteiger partial charge in [-0.25, -0.2) is 0 Å². The van der Waals surface area contributed by atoms with Gasteiger partial charge in [-0.1, -0.05) is 52.0 Å². The number of hydrogen-bond donors (Lipinski definition) is 1. The Morgan fingerprint density at radius 1 is 1.00 bits per heavy atom. The highest BCUT2D eigenvalue weighted by molar-refractivity contribution is 5.27. The van der Waals surface area contributed by atoms with Crippen molar-refractivity contribution >= 4 is 0 Å². The van der Waals surface area contributed by atoms with Crippen LogP contribution in [-0.4, -0.2) is 0 Å². The van der Waals surface area contributed by atoms with Gasteiger partial charge in [-0.3, -0.25) is 0 Å². The van der Waals surface area contributed by atoms with Crippen LogP contribution in [-0.2, 0) is 0 Å². The smallest absolute Gasteiger partial charge is 0.0318 e. The number of hydrogen-bond acceptors (Lipinski definition) is 1. The summed E-state index contributed by atoms with van der Waals surface area (Å²) in [6.45, 7) is 8.80. The van der Waals surface area contributed by atoms with Crippen molar-refractivity contribution in [2.75, 3.05) is 0 Å². The van der Waals surface area contributed by atoms with Crippen LogP contribution in [0.5, 0.6) is 0 Å². The van der Waals surface area contributed by atoms with E-state index in [2.05, 4.69) is 52.0 Å². The molecule has 0 saturated carbocycles. The van der Waals surface area contributed by atoms with Crippen LogP contribution in [0.2, 0.25) is 0 Å². The Morgan fingerprint density at radius 2 is 1.47 bits per heavy atom. The predicted octanol–water partition coefficient (Wildman–Crippen LogP) is 3.86. The molecule has 0 radical (unpaired) electrons. The zero-order valence-electron chi connectivity index (χ0n) is 10.3. The van der Waals surface area contributed by atoms with Crippen LogP contribution in [0.25, 0.3) is 0 Å². The van der Waals surface area contributed by atoms with Gasteiger partial charge in [-0.15, -0.1) is 0 Å². The second-order valence-corrected chi connectivity index (χ2v) is 4.75. The summed E-state index contributed by atoms with van der Waals surface area (Å²) in [6, 6.07) is 8.94. The third-order valence-electron chi connectivity index (χ3n) is 3.22. The van der Waals surface area contributed by atoms with E-state index >= 15 is 0 Å². The second kappa shape index (κ2) is 5.32. The lowest BCUT2D eigenvalue weighted by atomic mass is 9.93. The van der Waals surface area contributed by atoms with E-state index in [9.17, 15) is 0 Å². The number of rotatable bonds is 4. The summed E-state index contributed by atoms with van der Waals surface area (Å²) in [6.07, 6.45) is 1.19. The highest BCUT2D eigenvalue weighted by Gasteiger charge is 2.10. The van der Waals surface area contributed by atoms with Gasteiger partial charge in [0.15, 0.2) is 0 Å². The molecule has 0 heterocycles. The molecular formula is C14H23N. The fraction of sp³-hybridized carbons (Fsp3) is 0.571. The standard InChI is InChI=1S/C14H23N/c1-5-11(4)12-6-8-13(9-7-12)14(15)10(2)3/h6-11,14H,5,15H2,1-4H3/t11-,14+/m1/s1. The third-order valence-corrected chi connectivity index (χ3v) is 3.22. The molecule has 1 aromatic rings. The molecule has 2 N–H and O–H groups in total. The summed E-state index contributed by atoms with van der Waals surface area (Å²) in [5.41, 5.74) is 8.76. The predicted molar refractivity (Wildman–Crippen MR) is 66.9 cm³/mol. The van der Waals surface area contributed by atoms with Crippen molar-refractivity contribution in [3.63, 3.8) is 0 Å². The van der Waals surface area contributed by atoms with Crippen molar-refractivity contribution in [3.8, 4) is 0 Å². The van der Waals surface area contributed by atoms with E-state index in [4.69, 9.17) is 5.73 Å². The maximum absolute atomic E-state index is 6.10. The average Bonchev–Trinajstić information content (AvgIpc) is 2.27. The Morgan fingerprint density at radius 3 is 1.87 bits per heavy atom. The van der Waals surface area contributed by atoms with E-state index in [0.717, 1.165) is 0 Å². The highest BCUT2D eigenvalue weighted by Crippen LogP contribution is 2.23. The molecule has 84 valence electrons. The lowest BCUT2D eigenvalue weighted by Gasteiger charge is -2.17. The minimum absolute atomic E-state index is 0.163. The largest absolute Gasteiger partial charge is 0.324 e. The molecular weight excluding hydrogens is 182 g/mol. The van der Waals surface area contributed by atoms with Gasteiger partial charge in [0.2, 0.25) is 0 Å². The number of benzene rings is 1. The van der Waals surface area contributed by atoms with Crippen LogP contribution in [0.4, 0.5) is 0 Å². The third kappa shape index (κ3) is 3.07. The van der Waals surface area contributed by atoms with Crippen LogP contribution in [0.1, 0.15) is 57.2 Å². The van der Waals surface area contributed by atoms with Gasteiger partial charge in [0, 0.05) is 6.04 Å². The first-order valence-corrected chi connectivity index (χ1v) is 5.91. The van der Waals surface area contributed by atoms with Crippen LogP contribution >= 0.6 is 0 Å². The Balaban J connectivity index is 2.80. The molecule has 0 aliphatic rings. The van der Waals surface area contributed by atoms with Crippen molar-refractivity contribution in [2.24, 2.45) is 11.7 Å². The molecule has 0 spiro atoms. The van der Waals surface area contributed by atoms with Crippen molar-refractivity contribution in [2.45, 2.75) is 46.1 Å². The van der Waals surface area contributed by atoms with Crippen LogP contribution in [0.3, 0.4) is 0 Å². The van der Waals surface area contributed by atoms with Gasteiger partial charge >= 0.3 is 0 Å². The van der Waals surface area contributed by atoms with Crippen molar-refractivity contribution in [1.29, 1.82) is 0 Å². The average molecular weight is 205 g/mol. The fourth-order valence-electron chi connectivity index (χ4n) is 1.67. The van der Waals surface area contributed by atoms with E-state index in [1.54, 1.807) is 0 Å². The zero-order chi connectivity index (χ0) is 11.4. The first kappa shape index (κ1) is 12.3. The maximum Gasteiger partial charge on any atom is 0.0318 e. The van der Waals surface area contributed by atoms with Gasteiger partial charge in [-0.05, 0) is 29.4 Å². The van der Waals surface area contributed by atoms with Gasteiger partial charge in [0.05, 0.1) is 0 Å². The second-order valence-electron chi connectivity index (χ2n) is 4.75. The fourth-order valence-corrected chi connectivity index (χ4v) is 1.67. The molecule has 0 bridgehead atoms.